The van der Waals surface area contributed by atoms with Crippen molar-refractivity contribution in [2.45, 2.75) is 102 Å². The van der Waals surface area contributed by atoms with Gasteiger partial charge in [0, 0.05) is 12.6 Å². The zero-order valence-corrected chi connectivity index (χ0v) is 25.9. The molecule has 4 atom stereocenters. The van der Waals surface area contributed by atoms with Crippen molar-refractivity contribution in [2.75, 3.05) is 13.1 Å². The predicted octanol–water partition coefficient (Wildman–Crippen LogP) is 3.66. The van der Waals surface area contributed by atoms with Crippen molar-refractivity contribution in [3.63, 3.8) is 0 Å². The number of alkyl halides is 3. The van der Waals surface area contributed by atoms with E-state index >= 15 is 0 Å². The van der Waals surface area contributed by atoms with Crippen LogP contribution in [0.2, 0.25) is 0 Å². The van der Waals surface area contributed by atoms with Gasteiger partial charge in [-0.25, -0.2) is 19.2 Å². The zero-order valence-electron chi connectivity index (χ0n) is 25.9. The molecule has 1 aliphatic rings. The Balaban J connectivity index is 0.00000135. The molecule has 1 aliphatic carbocycles. The first-order valence-corrected chi connectivity index (χ1v) is 15.3. The number of unbranched alkanes of at least 4 members (excludes halogenated alkanes) is 2. The van der Waals surface area contributed by atoms with Gasteiger partial charge in [0.2, 0.25) is 5.91 Å². The quantitative estimate of drug-likeness (QED) is 0.129. The molecule has 13 nitrogen and oxygen atoms in total. The highest BCUT2D eigenvalue weighted by Crippen LogP contribution is 2.24. The third-order valence-corrected chi connectivity index (χ3v) is 7.26. The number of hydrogen-bond acceptors (Lipinski definition) is 7. The highest BCUT2D eigenvalue weighted by Gasteiger charge is 2.38. The molecule has 2 rings (SSSR count). The fourth-order valence-electron chi connectivity index (χ4n) is 4.63. The van der Waals surface area contributed by atoms with E-state index in [2.05, 4.69) is 28.2 Å². The number of nitrogens with one attached hydrogen (secondary N) is 4. The van der Waals surface area contributed by atoms with Gasteiger partial charge in [0.15, 0.2) is 0 Å². The first kappa shape index (κ1) is 39.9. The number of ether oxygens (including phenoxy) is 1. The normalized spacial score (nSPS) is 17.2. The van der Waals surface area contributed by atoms with Crippen LogP contribution < -0.4 is 27.0 Å². The smallest absolute Gasteiger partial charge is 0.480 e. The zero-order chi connectivity index (χ0) is 34.5. The van der Waals surface area contributed by atoms with E-state index in [-0.39, 0.29) is 25.0 Å². The van der Waals surface area contributed by atoms with Crippen LogP contribution in [0.15, 0.2) is 30.3 Å². The molecule has 4 amide bonds. The molecule has 46 heavy (non-hydrogen) atoms. The van der Waals surface area contributed by atoms with E-state index in [1.54, 1.807) is 0 Å². The fourth-order valence-corrected chi connectivity index (χ4v) is 4.63. The summed E-state index contributed by atoms with van der Waals surface area (Å²) in [5, 5.41) is 27.5. The third kappa shape index (κ3) is 17.4. The molecule has 0 spiro atoms. The molecule has 1 aromatic rings. The number of nitrogens with two attached hydrogens (primary N) is 1. The maximum absolute atomic E-state index is 13.1. The lowest BCUT2D eigenvalue weighted by Gasteiger charge is -2.31. The molecule has 0 bridgehead atoms. The van der Waals surface area contributed by atoms with E-state index < -0.39 is 42.3 Å². The van der Waals surface area contributed by atoms with Gasteiger partial charge in [0.05, 0.1) is 0 Å². The number of urea groups is 1. The Morgan fingerprint density at radius 3 is 2.11 bits per heavy atom. The van der Waals surface area contributed by atoms with Gasteiger partial charge in [-0.1, -0.05) is 50.1 Å². The van der Waals surface area contributed by atoms with Gasteiger partial charge in [0.25, 0.3) is 0 Å². The number of aliphatic carboxylic acids is 2. The van der Waals surface area contributed by atoms with E-state index in [0.29, 0.717) is 51.1 Å². The Kier molecular flexibility index (Phi) is 18.8. The second-order valence-corrected chi connectivity index (χ2v) is 11.0. The Labute approximate surface area is 266 Å². The van der Waals surface area contributed by atoms with Gasteiger partial charge >= 0.3 is 30.2 Å². The highest BCUT2D eigenvalue weighted by molar-refractivity contribution is 5.89. The van der Waals surface area contributed by atoms with Crippen LogP contribution in [0.3, 0.4) is 0 Å². The van der Waals surface area contributed by atoms with Gasteiger partial charge in [-0.2, -0.15) is 13.2 Å². The number of rotatable bonds is 16. The first-order chi connectivity index (χ1) is 21.7. The highest BCUT2D eigenvalue weighted by atomic mass is 19.4. The van der Waals surface area contributed by atoms with Crippen LogP contribution in [0.25, 0.3) is 0 Å². The minimum absolute atomic E-state index is 0.0442. The van der Waals surface area contributed by atoms with Crippen LogP contribution in [0.1, 0.15) is 76.7 Å². The number of hydrogen-bond donors (Lipinski definition) is 7. The molecule has 260 valence electrons. The van der Waals surface area contributed by atoms with E-state index in [4.69, 9.17) is 20.4 Å². The number of carbonyl (C=O) groups excluding carboxylic acids is 3. The van der Waals surface area contributed by atoms with Gasteiger partial charge in [-0.3, -0.25) is 4.79 Å². The third-order valence-electron chi connectivity index (χ3n) is 7.26. The molecule has 0 aliphatic heterocycles. The van der Waals surface area contributed by atoms with E-state index in [9.17, 15) is 37.5 Å². The minimum Gasteiger partial charge on any atom is -0.480 e. The molecule has 2 unspecified atom stereocenters. The Hall–Kier alpha value is -4.08. The summed E-state index contributed by atoms with van der Waals surface area (Å²) in [6.07, 6.45) is 1.45. The number of carboxylic acids is 2. The summed E-state index contributed by atoms with van der Waals surface area (Å²) >= 11 is 0. The lowest BCUT2D eigenvalue weighted by Crippen LogP contribution is -2.55. The largest absolute Gasteiger partial charge is 0.490 e. The summed E-state index contributed by atoms with van der Waals surface area (Å²) in [5.41, 5.74) is 6.37. The molecular weight excluding hydrogens is 615 g/mol. The molecule has 0 radical (unpaired) electrons. The standard InChI is InChI=1S/C28H45N5O6.C2HF3O2/c1-20-11-5-6-14-22(20)31-25(34)23(32-27(37)33-24(26(35)36)16-7-9-17-29)15-8-10-18-30-28(38)39-19-21-12-3-2-4-13-21;3-2(4,5)1(6)7/h2-4,12-13,20,22-24H,5-11,14-19,29H2,1H3,(H,30,38)(H,31,34)(H,35,36)(H2,32,33,37);(H,6,7)/t20?,22?,23-,24+;/m1./s1. The van der Waals surface area contributed by atoms with Gasteiger partial charge in [-0.15, -0.1) is 0 Å². The van der Waals surface area contributed by atoms with Crippen LogP contribution in [-0.4, -0.2) is 77.6 Å². The van der Waals surface area contributed by atoms with E-state index in [0.717, 1.165) is 31.2 Å². The number of halogens is 3. The molecule has 8 N–H and O–H groups in total. The van der Waals surface area contributed by atoms with Crippen LogP contribution in [0.4, 0.5) is 22.8 Å². The lowest BCUT2D eigenvalue weighted by atomic mass is 9.85. The van der Waals surface area contributed by atoms with E-state index in [1.165, 1.54) is 0 Å². The minimum atomic E-state index is -5.08. The molecular formula is C30H46F3N5O8. The van der Waals surface area contributed by atoms with E-state index in [1.807, 2.05) is 30.3 Å². The molecule has 1 aromatic carbocycles. The second-order valence-electron chi connectivity index (χ2n) is 11.0. The van der Waals surface area contributed by atoms with Crippen molar-refractivity contribution in [1.82, 2.24) is 21.3 Å². The number of alkyl carbamates (subject to hydrolysis) is 1. The summed E-state index contributed by atoms with van der Waals surface area (Å²) in [6, 6.07) is 6.82. The number of amides is 4. The second kappa shape index (κ2) is 21.6. The number of benzene rings is 1. The molecule has 0 aromatic heterocycles. The van der Waals surface area contributed by atoms with Crippen molar-refractivity contribution in [2.24, 2.45) is 11.7 Å². The maximum atomic E-state index is 13.1. The molecule has 1 fully saturated rings. The summed E-state index contributed by atoms with van der Waals surface area (Å²) < 4.78 is 36.9. The summed E-state index contributed by atoms with van der Waals surface area (Å²) in [6.45, 7) is 3.09. The van der Waals surface area contributed by atoms with Crippen molar-refractivity contribution in [3.8, 4) is 0 Å². The van der Waals surface area contributed by atoms with Gasteiger partial charge in [-0.05, 0) is 69.4 Å². The first-order valence-electron chi connectivity index (χ1n) is 15.3. The Morgan fingerprint density at radius 1 is 0.935 bits per heavy atom. The summed E-state index contributed by atoms with van der Waals surface area (Å²) in [4.78, 5) is 58.2. The number of carboxylic acid groups (broad SMARTS) is 2. The van der Waals surface area contributed by atoms with Gasteiger partial charge < -0.3 is 42.0 Å². The topological polar surface area (TPSA) is 209 Å². The average Bonchev–Trinajstić information content (AvgIpc) is 3.00. The Morgan fingerprint density at radius 2 is 1.52 bits per heavy atom. The summed E-state index contributed by atoms with van der Waals surface area (Å²) in [7, 11) is 0. The average molecular weight is 662 g/mol. The van der Waals surface area contributed by atoms with Crippen LogP contribution in [0, 0.1) is 5.92 Å². The van der Waals surface area contributed by atoms with Crippen molar-refractivity contribution in [3.05, 3.63) is 35.9 Å². The van der Waals surface area contributed by atoms with Gasteiger partial charge in [0.1, 0.15) is 18.7 Å². The molecule has 0 saturated heterocycles. The molecule has 16 heteroatoms. The van der Waals surface area contributed by atoms with Crippen molar-refractivity contribution in [1.29, 1.82) is 0 Å². The fraction of sp³-hybridized carbons (Fsp3) is 0.633. The lowest BCUT2D eigenvalue weighted by molar-refractivity contribution is -0.192. The van der Waals surface area contributed by atoms with Crippen LogP contribution in [-0.2, 0) is 25.7 Å². The van der Waals surface area contributed by atoms with Crippen molar-refractivity contribution >= 4 is 30.0 Å². The van der Waals surface area contributed by atoms with Crippen LogP contribution >= 0.6 is 0 Å². The molecule has 0 heterocycles. The monoisotopic (exact) mass is 661 g/mol. The Bertz CT molecular complexity index is 1090. The SMILES string of the molecule is CC1CCCCC1NC(=O)[C@@H](CCCCNC(=O)OCc1ccccc1)NC(=O)N[C@@H](CCCCN)C(=O)O.O=C(O)C(F)(F)F. The summed E-state index contributed by atoms with van der Waals surface area (Å²) in [5.74, 6) is -3.83. The number of carbonyl (C=O) groups is 5. The van der Waals surface area contributed by atoms with Crippen molar-refractivity contribution < 1.29 is 52.1 Å². The predicted molar refractivity (Wildman–Crippen MR) is 162 cm³/mol. The maximum Gasteiger partial charge on any atom is 0.490 e. The molecule has 1 saturated carbocycles. The van der Waals surface area contributed by atoms with Crippen LogP contribution in [0.5, 0.6) is 0 Å².